The second kappa shape index (κ2) is 14.8. The van der Waals surface area contributed by atoms with Crippen LogP contribution in [0.4, 0.5) is 5.69 Å². The van der Waals surface area contributed by atoms with Crippen molar-refractivity contribution in [3.05, 3.63) is 65.7 Å². The third-order valence-electron chi connectivity index (χ3n) is 4.45. The molecule has 0 spiro atoms. The van der Waals surface area contributed by atoms with Crippen LogP contribution in [0.3, 0.4) is 0 Å². The molecule has 164 valence electrons. The lowest BCUT2D eigenvalue weighted by Gasteiger charge is -2.15. The highest BCUT2D eigenvalue weighted by Crippen LogP contribution is 2.15. The number of nitrogens with zero attached hydrogens (tertiary/aromatic N) is 1. The highest BCUT2D eigenvalue weighted by atomic mass is 127. The Hall–Kier alpha value is -2.13. The molecule has 0 saturated carbocycles. The zero-order valence-electron chi connectivity index (χ0n) is 18.0. The molecule has 0 aliphatic carbocycles. The molecule has 1 atom stereocenters. The van der Waals surface area contributed by atoms with Gasteiger partial charge in [0.1, 0.15) is 0 Å². The molecule has 0 heterocycles. The molecule has 1 unspecified atom stereocenters. The molecule has 2 aromatic carbocycles. The van der Waals surface area contributed by atoms with Crippen molar-refractivity contribution in [2.75, 3.05) is 32.1 Å². The first kappa shape index (κ1) is 25.9. The van der Waals surface area contributed by atoms with Crippen molar-refractivity contribution in [1.82, 2.24) is 10.6 Å². The van der Waals surface area contributed by atoms with Gasteiger partial charge < -0.3 is 20.7 Å². The minimum absolute atomic E-state index is 0. The SMILES string of the molecule is CN=C(NCCCOC(C)c1ccccc1)NCCc1ccc(NC(C)=O)cc1.I. The van der Waals surface area contributed by atoms with Gasteiger partial charge in [-0.3, -0.25) is 9.79 Å². The van der Waals surface area contributed by atoms with Crippen LogP contribution in [-0.2, 0) is 16.0 Å². The number of aliphatic imine (C=N–C) groups is 1. The van der Waals surface area contributed by atoms with Gasteiger partial charge >= 0.3 is 0 Å². The second-order valence-electron chi connectivity index (χ2n) is 6.83. The largest absolute Gasteiger partial charge is 0.374 e. The van der Waals surface area contributed by atoms with Gasteiger partial charge in [0.25, 0.3) is 0 Å². The summed E-state index contributed by atoms with van der Waals surface area (Å²) in [6, 6.07) is 18.1. The lowest BCUT2D eigenvalue weighted by atomic mass is 10.1. The Bertz CT molecular complexity index is 767. The van der Waals surface area contributed by atoms with E-state index in [1.165, 1.54) is 18.1 Å². The van der Waals surface area contributed by atoms with Gasteiger partial charge in [0.2, 0.25) is 5.91 Å². The highest BCUT2D eigenvalue weighted by molar-refractivity contribution is 14.0. The van der Waals surface area contributed by atoms with E-state index in [1.54, 1.807) is 7.05 Å². The zero-order valence-corrected chi connectivity index (χ0v) is 20.3. The summed E-state index contributed by atoms with van der Waals surface area (Å²) < 4.78 is 5.89. The number of amides is 1. The lowest BCUT2D eigenvalue weighted by molar-refractivity contribution is -0.114. The van der Waals surface area contributed by atoms with Crippen LogP contribution in [0.1, 0.15) is 37.5 Å². The van der Waals surface area contributed by atoms with Crippen LogP contribution < -0.4 is 16.0 Å². The van der Waals surface area contributed by atoms with Crippen molar-refractivity contribution in [3.8, 4) is 0 Å². The molecule has 2 aromatic rings. The molecule has 1 amide bonds. The van der Waals surface area contributed by atoms with Crippen LogP contribution in [0, 0.1) is 0 Å². The smallest absolute Gasteiger partial charge is 0.221 e. The summed E-state index contributed by atoms with van der Waals surface area (Å²) in [6.45, 7) is 5.85. The van der Waals surface area contributed by atoms with Crippen LogP contribution in [0.2, 0.25) is 0 Å². The van der Waals surface area contributed by atoms with Gasteiger partial charge in [-0.2, -0.15) is 0 Å². The second-order valence-corrected chi connectivity index (χ2v) is 6.83. The molecule has 0 aliphatic rings. The van der Waals surface area contributed by atoms with E-state index in [-0.39, 0.29) is 36.0 Å². The van der Waals surface area contributed by atoms with Crippen LogP contribution >= 0.6 is 24.0 Å². The number of carbonyl (C=O) groups is 1. The minimum atomic E-state index is -0.0609. The summed E-state index contributed by atoms with van der Waals surface area (Å²) in [5, 5.41) is 9.40. The highest BCUT2D eigenvalue weighted by Gasteiger charge is 2.04. The van der Waals surface area contributed by atoms with Gasteiger partial charge in [-0.25, -0.2) is 0 Å². The molecular weight excluding hydrogens is 491 g/mol. The van der Waals surface area contributed by atoms with Crippen LogP contribution in [-0.4, -0.2) is 38.6 Å². The first-order valence-electron chi connectivity index (χ1n) is 10.1. The number of rotatable bonds is 10. The third kappa shape index (κ3) is 10.1. The van der Waals surface area contributed by atoms with Gasteiger partial charge in [-0.15, -0.1) is 24.0 Å². The van der Waals surface area contributed by atoms with Crippen LogP contribution in [0.15, 0.2) is 59.6 Å². The summed E-state index contributed by atoms with van der Waals surface area (Å²) in [5.74, 6) is 0.727. The van der Waals surface area contributed by atoms with Crippen LogP contribution in [0.5, 0.6) is 0 Å². The Kier molecular flexibility index (Phi) is 12.8. The standard InChI is InChI=1S/C23H32N4O2.HI/c1-18(21-8-5-4-6-9-21)29-17-7-15-25-23(24-3)26-16-14-20-10-12-22(13-11-20)27-19(2)28;/h4-6,8-13,18H,7,14-17H2,1-3H3,(H,27,28)(H2,24,25,26);1H. The van der Waals surface area contributed by atoms with Crippen molar-refractivity contribution in [3.63, 3.8) is 0 Å². The van der Waals surface area contributed by atoms with E-state index < -0.39 is 0 Å². The summed E-state index contributed by atoms with van der Waals surface area (Å²) in [4.78, 5) is 15.3. The first-order chi connectivity index (χ1) is 14.1. The van der Waals surface area contributed by atoms with E-state index >= 15 is 0 Å². The van der Waals surface area contributed by atoms with Crippen molar-refractivity contribution in [2.24, 2.45) is 4.99 Å². The van der Waals surface area contributed by atoms with E-state index in [0.717, 1.165) is 37.6 Å². The number of hydrogen-bond donors (Lipinski definition) is 3. The molecule has 6 nitrogen and oxygen atoms in total. The maximum absolute atomic E-state index is 11.1. The number of anilines is 1. The van der Waals surface area contributed by atoms with Gasteiger partial charge in [0.05, 0.1) is 6.10 Å². The number of benzene rings is 2. The molecule has 0 aliphatic heterocycles. The fourth-order valence-corrected chi connectivity index (χ4v) is 2.86. The number of guanidine groups is 1. The molecule has 7 heteroatoms. The Morgan fingerprint density at radius 2 is 1.70 bits per heavy atom. The molecule has 2 rings (SSSR count). The summed E-state index contributed by atoms with van der Waals surface area (Å²) in [7, 11) is 1.77. The van der Waals surface area contributed by atoms with Crippen LogP contribution in [0.25, 0.3) is 0 Å². The fourth-order valence-electron chi connectivity index (χ4n) is 2.86. The van der Waals surface area contributed by atoms with E-state index in [2.05, 4.69) is 40.0 Å². The Morgan fingerprint density at radius 3 is 2.33 bits per heavy atom. The van der Waals surface area contributed by atoms with Crippen molar-refractivity contribution in [1.29, 1.82) is 0 Å². The topological polar surface area (TPSA) is 74.8 Å². The lowest BCUT2D eigenvalue weighted by Crippen LogP contribution is -2.39. The van der Waals surface area contributed by atoms with E-state index in [9.17, 15) is 4.79 Å². The summed E-state index contributed by atoms with van der Waals surface area (Å²) in [5.41, 5.74) is 3.21. The normalized spacial score (nSPS) is 11.9. The van der Waals surface area contributed by atoms with E-state index in [4.69, 9.17) is 4.74 Å². The minimum Gasteiger partial charge on any atom is -0.374 e. The molecule has 0 radical (unpaired) electrons. The molecule has 0 saturated heterocycles. The van der Waals surface area contributed by atoms with E-state index in [1.807, 2.05) is 42.5 Å². The predicted octanol–water partition coefficient (Wildman–Crippen LogP) is 4.14. The number of nitrogens with one attached hydrogen (secondary N) is 3. The molecule has 0 fully saturated rings. The number of hydrogen-bond acceptors (Lipinski definition) is 3. The average molecular weight is 524 g/mol. The number of carbonyl (C=O) groups excluding carboxylic acids is 1. The maximum atomic E-state index is 11.1. The van der Waals surface area contributed by atoms with Gasteiger partial charge in [-0.1, -0.05) is 42.5 Å². The van der Waals surface area contributed by atoms with Crippen molar-refractivity contribution < 1.29 is 9.53 Å². The monoisotopic (exact) mass is 524 g/mol. The molecule has 0 bridgehead atoms. The fraction of sp³-hybridized carbons (Fsp3) is 0.391. The maximum Gasteiger partial charge on any atom is 0.221 e. The molecule has 30 heavy (non-hydrogen) atoms. The van der Waals surface area contributed by atoms with E-state index in [0.29, 0.717) is 6.61 Å². The first-order valence-corrected chi connectivity index (χ1v) is 10.1. The Labute approximate surface area is 196 Å². The number of halogens is 1. The average Bonchev–Trinajstić information content (AvgIpc) is 2.73. The third-order valence-corrected chi connectivity index (χ3v) is 4.45. The van der Waals surface area contributed by atoms with Gasteiger partial charge in [0, 0.05) is 39.4 Å². The molecular formula is C23H33IN4O2. The summed E-state index contributed by atoms with van der Waals surface area (Å²) >= 11 is 0. The molecule has 3 N–H and O–H groups in total. The Balaban J connectivity index is 0.00000450. The van der Waals surface area contributed by atoms with Crippen molar-refractivity contribution in [2.45, 2.75) is 32.8 Å². The quantitative estimate of drug-likeness (QED) is 0.189. The van der Waals surface area contributed by atoms with Crippen molar-refractivity contribution >= 4 is 41.5 Å². The zero-order chi connectivity index (χ0) is 20.9. The molecule has 0 aromatic heterocycles. The van der Waals surface area contributed by atoms with Gasteiger partial charge in [0.15, 0.2) is 5.96 Å². The van der Waals surface area contributed by atoms with Gasteiger partial charge in [-0.05, 0) is 43.0 Å². The number of ether oxygens (including phenoxy) is 1. The Morgan fingerprint density at radius 1 is 1.03 bits per heavy atom. The summed E-state index contributed by atoms with van der Waals surface area (Å²) in [6.07, 6.45) is 1.88. The predicted molar refractivity (Wildman–Crippen MR) is 135 cm³/mol.